The van der Waals surface area contributed by atoms with Gasteiger partial charge in [-0.15, -0.1) is 0 Å². The van der Waals surface area contributed by atoms with Crippen LogP contribution in [0.4, 0.5) is 0 Å². The number of nitrogens with zero attached hydrogens (tertiary/aromatic N) is 1. The lowest BCUT2D eigenvalue weighted by atomic mass is 10.2. The van der Waals surface area contributed by atoms with Gasteiger partial charge in [-0.05, 0) is 43.2 Å². The van der Waals surface area contributed by atoms with Crippen molar-refractivity contribution in [3.63, 3.8) is 0 Å². The molecular weight excluding hydrogens is 368 g/mol. The summed E-state index contributed by atoms with van der Waals surface area (Å²) in [5.74, 6) is 0.488. The number of rotatable bonds is 10. The Kier molecular flexibility index (Phi) is 7.58. The quantitative estimate of drug-likeness (QED) is 0.668. The van der Waals surface area contributed by atoms with E-state index in [1.165, 1.54) is 0 Å². The smallest absolute Gasteiger partial charge is 0.240 e. The fourth-order valence-corrected chi connectivity index (χ4v) is 3.97. The standard InChI is InChI=1S/C19H26N2O5S/c1-15-6-7-16(2)18(13-15)27(23,24)20-9-8-19(22)21(10-12-25-3)14-17-5-4-11-26-17/h4-7,11,13,20H,8-10,12,14H2,1-3H3. The van der Waals surface area contributed by atoms with Crippen LogP contribution in [0.5, 0.6) is 0 Å². The number of hydrogen-bond donors (Lipinski definition) is 1. The van der Waals surface area contributed by atoms with Gasteiger partial charge in [0, 0.05) is 26.6 Å². The zero-order chi connectivity index (χ0) is 19.9. The third-order valence-corrected chi connectivity index (χ3v) is 5.71. The van der Waals surface area contributed by atoms with E-state index in [0.29, 0.717) is 31.0 Å². The molecule has 1 heterocycles. The highest BCUT2D eigenvalue weighted by Crippen LogP contribution is 2.16. The van der Waals surface area contributed by atoms with E-state index in [0.717, 1.165) is 5.56 Å². The normalized spacial score (nSPS) is 11.5. The Morgan fingerprint density at radius 1 is 1.26 bits per heavy atom. The van der Waals surface area contributed by atoms with E-state index in [1.807, 2.05) is 13.0 Å². The second-order valence-corrected chi connectivity index (χ2v) is 8.04. The number of sulfonamides is 1. The summed E-state index contributed by atoms with van der Waals surface area (Å²) in [6.45, 7) is 4.72. The van der Waals surface area contributed by atoms with Crippen LogP contribution in [-0.2, 0) is 26.1 Å². The monoisotopic (exact) mass is 394 g/mol. The number of furan rings is 1. The molecule has 0 saturated heterocycles. The first-order valence-electron chi connectivity index (χ1n) is 8.69. The molecule has 7 nitrogen and oxygen atoms in total. The average Bonchev–Trinajstić information content (AvgIpc) is 3.13. The minimum absolute atomic E-state index is 0.0240. The molecule has 1 amide bonds. The Bertz CT molecular complexity index is 847. The van der Waals surface area contributed by atoms with E-state index in [9.17, 15) is 13.2 Å². The minimum Gasteiger partial charge on any atom is -0.467 e. The molecule has 0 aliphatic rings. The summed E-state index contributed by atoms with van der Waals surface area (Å²) in [4.78, 5) is 14.3. The predicted octanol–water partition coefficient (Wildman–Crippen LogP) is 2.24. The second-order valence-electron chi connectivity index (χ2n) is 6.30. The molecule has 1 aromatic heterocycles. The molecule has 0 spiro atoms. The SMILES string of the molecule is COCCN(Cc1ccco1)C(=O)CCNS(=O)(=O)c1cc(C)ccc1C. The number of benzene rings is 1. The number of carbonyl (C=O) groups is 1. The first-order chi connectivity index (χ1) is 12.8. The van der Waals surface area contributed by atoms with Crippen LogP contribution in [0.3, 0.4) is 0 Å². The van der Waals surface area contributed by atoms with Crippen LogP contribution in [0.2, 0.25) is 0 Å². The molecule has 148 valence electrons. The summed E-state index contributed by atoms with van der Waals surface area (Å²) in [7, 11) is -2.10. The highest BCUT2D eigenvalue weighted by Gasteiger charge is 2.19. The van der Waals surface area contributed by atoms with Crippen molar-refractivity contribution < 1.29 is 22.4 Å². The van der Waals surface area contributed by atoms with Crippen molar-refractivity contribution >= 4 is 15.9 Å². The highest BCUT2D eigenvalue weighted by atomic mass is 32.2. The Balaban J connectivity index is 1.96. The summed E-state index contributed by atoms with van der Waals surface area (Å²) >= 11 is 0. The minimum atomic E-state index is -3.67. The van der Waals surface area contributed by atoms with Gasteiger partial charge in [0.2, 0.25) is 15.9 Å². The maximum Gasteiger partial charge on any atom is 0.240 e. The number of methoxy groups -OCH3 is 1. The maximum atomic E-state index is 12.5. The topological polar surface area (TPSA) is 88.8 Å². The fraction of sp³-hybridized carbons (Fsp3) is 0.421. The predicted molar refractivity (Wildman–Crippen MR) is 102 cm³/mol. The molecule has 0 radical (unpaired) electrons. The molecule has 0 aliphatic carbocycles. The first kappa shape index (κ1) is 21.1. The molecule has 0 bridgehead atoms. The van der Waals surface area contributed by atoms with Crippen LogP contribution in [0.15, 0.2) is 45.9 Å². The molecule has 1 N–H and O–H groups in total. The summed E-state index contributed by atoms with van der Waals surface area (Å²) < 4.78 is 37.9. The molecule has 0 fully saturated rings. The molecule has 2 aromatic rings. The van der Waals surface area contributed by atoms with E-state index in [2.05, 4.69) is 4.72 Å². The average molecular weight is 394 g/mol. The largest absolute Gasteiger partial charge is 0.467 e. The summed E-state index contributed by atoms with van der Waals surface area (Å²) in [6.07, 6.45) is 1.60. The van der Waals surface area contributed by atoms with E-state index in [4.69, 9.17) is 9.15 Å². The number of ether oxygens (including phenoxy) is 1. The van der Waals surface area contributed by atoms with Crippen molar-refractivity contribution in [3.05, 3.63) is 53.5 Å². The van der Waals surface area contributed by atoms with Crippen molar-refractivity contribution in [2.24, 2.45) is 0 Å². The second kappa shape index (κ2) is 9.68. The van der Waals surface area contributed by atoms with Gasteiger partial charge in [0.1, 0.15) is 5.76 Å². The molecule has 0 saturated carbocycles. The molecule has 1 aromatic carbocycles. The van der Waals surface area contributed by atoms with Gasteiger partial charge >= 0.3 is 0 Å². The van der Waals surface area contributed by atoms with E-state index >= 15 is 0 Å². The zero-order valence-electron chi connectivity index (χ0n) is 15.9. The van der Waals surface area contributed by atoms with Crippen LogP contribution < -0.4 is 4.72 Å². The lowest BCUT2D eigenvalue weighted by Gasteiger charge is -2.21. The van der Waals surface area contributed by atoms with E-state index in [-0.39, 0.29) is 23.8 Å². The van der Waals surface area contributed by atoms with Gasteiger partial charge in [-0.2, -0.15) is 0 Å². The summed E-state index contributed by atoms with van der Waals surface area (Å²) in [5, 5.41) is 0. The van der Waals surface area contributed by atoms with Crippen molar-refractivity contribution in [2.45, 2.75) is 31.7 Å². The number of aryl methyl sites for hydroxylation is 2. The van der Waals surface area contributed by atoms with Gasteiger partial charge in [-0.3, -0.25) is 4.79 Å². The molecular formula is C19H26N2O5S. The van der Waals surface area contributed by atoms with Gasteiger partial charge in [-0.1, -0.05) is 12.1 Å². The van der Waals surface area contributed by atoms with Gasteiger partial charge < -0.3 is 14.1 Å². The Morgan fingerprint density at radius 3 is 2.70 bits per heavy atom. The van der Waals surface area contributed by atoms with Crippen molar-refractivity contribution in [1.29, 1.82) is 0 Å². The Hall–Kier alpha value is -2.16. The number of amides is 1. The molecule has 0 unspecified atom stereocenters. The number of nitrogens with one attached hydrogen (secondary N) is 1. The third kappa shape index (κ3) is 6.20. The highest BCUT2D eigenvalue weighted by molar-refractivity contribution is 7.89. The Morgan fingerprint density at radius 2 is 2.04 bits per heavy atom. The molecule has 8 heteroatoms. The van der Waals surface area contributed by atoms with Gasteiger partial charge in [0.05, 0.1) is 24.3 Å². The van der Waals surface area contributed by atoms with Gasteiger partial charge in [-0.25, -0.2) is 13.1 Å². The zero-order valence-corrected chi connectivity index (χ0v) is 16.7. The summed E-state index contributed by atoms with van der Waals surface area (Å²) in [6, 6.07) is 8.80. The van der Waals surface area contributed by atoms with Crippen LogP contribution in [-0.4, -0.2) is 46.0 Å². The van der Waals surface area contributed by atoms with E-state index < -0.39 is 10.0 Å². The lowest BCUT2D eigenvalue weighted by Crippen LogP contribution is -2.36. The molecule has 0 aliphatic heterocycles. The first-order valence-corrected chi connectivity index (χ1v) is 10.2. The maximum absolute atomic E-state index is 12.5. The van der Waals surface area contributed by atoms with Crippen LogP contribution >= 0.6 is 0 Å². The fourth-order valence-electron chi connectivity index (χ4n) is 2.61. The van der Waals surface area contributed by atoms with Crippen molar-refractivity contribution in [3.8, 4) is 0 Å². The molecule has 0 atom stereocenters. The molecule has 2 rings (SSSR count). The van der Waals surface area contributed by atoms with Crippen LogP contribution in [0.25, 0.3) is 0 Å². The lowest BCUT2D eigenvalue weighted by molar-refractivity contribution is -0.132. The van der Waals surface area contributed by atoms with Gasteiger partial charge in [0.15, 0.2) is 0 Å². The van der Waals surface area contributed by atoms with Gasteiger partial charge in [0.25, 0.3) is 0 Å². The van der Waals surface area contributed by atoms with Crippen molar-refractivity contribution in [1.82, 2.24) is 9.62 Å². The number of carbonyl (C=O) groups excluding carboxylic acids is 1. The van der Waals surface area contributed by atoms with Crippen LogP contribution in [0, 0.1) is 13.8 Å². The number of hydrogen-bond acceptors (Lipinski definition) is 5. The summed E-state index contributed by atoms with van der Waals surface area (Å²) in [5.41, 5.74) is 1.53. The Labute approximate surface area is 160 Å². The van der Waals surface area contributed by atoms with E-state index in [1.54, 1.807) is 49.5 Å². The van der Waals surface area contributed by atoms with Crippen molar-refractivity contribution in [2.75, 3.05) is 26.8 Å². The van der Waals surface area contributed by atoms with Crippen LogP contribution in [0.1, 0.15) is 23.3 Å². The molecule has 27 heavy (non-hydrogen) atoms. The third-order valence-electron chi connectivity index (χ3n) is 4.11.